The molecule has 0 radical (unpaired) electrons. The van der Waals surface area contributed by atoms with Crippen LogP contribution in [-0.2, 0) is 6.42 Å². The van der Waals surface area contributed by atoms with Gasteiger partial charge in [0.1, 0.15) is 0 Å². The van der Waals surface area contributed by atoms with Crippen LogP contribution in [0.3, 0.4) is 0 Å². The topological polar surface area (TPSA) is 12.0 Å². The molecule has 0 aromatic heterocycles. The summed E-state index contributed by atoms with van der Waals surface area (Å²) in [6.07, 6.45) is 9.15. The van der Waals surface area contributed by atoms with E-state index in [2.05, 4.69) is 5.32 Å². The summed E-state index contributed by atoms with van der Waals surface area (Å²) in [5.74, 6) is -1.37. The van der Waals surface area contributed by atoms with Gasteiger partial charge in [0.05, 0.1) is 0 Å². The smallest absolute Gasteiger partial charge is 0.162 e. The first-order chi connectivity index (χ1) is 9.69. The second-order valence-corrected chi connectivity index (χ2v) is 6.61. The molecule has 2 fully saturated rings. The molecule has 0 bridgehead atoms. The molecule has 0 saturated heterocycles. The Balaban J connectivity index is 1.75. The van der Waals surface area contributed by atoms with Crippen molar-refractivity contribution in [3.8, 4) is 0 Å². The van der Waals surface area contributed by atoms with Gasteiger partial charge in [0.2, 0.25) is 0 Å². The second-order valence-electron chi connectivity index (χ2n) is 6.61. The molecular formula is C17H23F2N. The summed E-state index contributed by atoms with van der Waals surface area (Å²) in [7, 11) is 0. The van der Waals surface area contributed by atoms with E-state index in [1.165, 1.54) is 38.2 Å². The molecule has 2 saturated carbocycles. The van der Waals surface area contributed by atoms with Crippen molar-refractivity contribution < 1.29 is 8.78 Å². The summed E-state index contributed by atoms with van der Waals surface area (Å²) in [5, 5.41) is 3.61. The molecule has 0 atom stereocenters. The summed E-state index contributed by atoms with van der Waals surface area (Å²) < 4.78 is 27.3. The van der Waals surface area contributed by atoms with Gasteiger partial charge in [-0.25, -0.2) is 8.78 Å². The van der Waals surface area contributed by atoms with Crippen molar-refractivity contribution in [3.63, 3.8) is 0 Å². The lowest BCUT2D eigenvalue weighted by atomic mass is 9.70. The third-order valence-corrected chi connectivity index (χ3v) is 4.85. The predicted molar refractivity (Wildman–Crippen MR) is 76.6 cm³/mol. The van der Waals surface area contributed by atoms with Crippen LogP contribution in [0.25, 0.3) is 0 Å². The number of nitrogens with one attached hydrogen (secondary N) is 1. The zero-order valence-electron chi connectivity index (χ0n) is 11.9. The number of halogens is 2. The molecule has 3 rings (SSSR count). The van der Waals surface area contributed by atoms with Crippen molar-refractivity contribution in [2.75, 3.05) is 6.54 Å². The van der Waals surface area contributed by atoms with Crippen LogP contribution in [0.5, 0.6) is 0 Å². The SMILES string of the molecule is Fc1cccc(CC2(CNC3CC3)CCCCC2)c1F. The van der Waals surface area contributed by atoms with Gasteiger partial charge >= 0.3 is 0 Å². The molecule has 1 N–H and O–H groups in total. The van der Waals surface area contributed by atoms with Gasteiger partial charge in [0, 0.05) is 12.6 Å². The minimum absolute atomic E-state index is 0.121. The van der Waals surface area contributed by atoms with Gasteiger partial charge in [-0.05, 0) is 49.1 Å². The standard InChI is InChI=1S/C17H23F2N/c18-15-6-4-5-13(16(15)19)11-17(9-2-1-3-10-17)12-20-14-7-8-14/h4-6,14,20H,1-3,7-12H2. The van der Waals surface area contributed by atoms with Gasteiger partial charge < -0.3 is 5.32 Å². The first-order valence-electron chi connectivity index (χ1n) is 7.85. The van der Waals surface area contributed by atoms with Crippen LogP contribution in [0.4, 0.5) is 8.78 Å². The van der Waals surface area contributed by atoms with Crippen molar-refractivity contribution >= 4 is 0 Å². The Morgan fingerprint density at radius 2 is 1.85 bits per heavy atom. The van der Waals surface area contributed by atoms with E-state index in [1.54, 1.807) is 12.1 Å². The Hall–Kier alpha value is -0.960. The normalized spacial score (nSPS) is 21.9. The van der Waals surface area contributed by atoms with Crippen LogP contribution >= 0.6 is 0 Å². The van der Waals surface area contributed by atoms with Crippen LogP contribution in [0.2, 0.25) is 0 Å². The van der Waals surface area contributed by atoms with E-state index in [9.17, 15) is 8.78 Å². The monoisotopic (exact) mass is 279 g/mol. The van der Waals surface area contributed by atoms with Crippen molar-refractivity contribution in [1.29, 1.82) is 0 Å². The summed E-state index contributed by atoms with van der Waals surface area (Å²) in [5.41, 5.74) is 0.666. The molecule has 0 amide bonds. The summed E-state index contributed by atoms with van der Waals surface area (Å²) >= 11 is 0. The lowest BCUT2D eigenvalue weighted by molar-refractivity contribution is 0.178. The van der Waals surface area contributed by atoms with Gasteiger partial charge in [0.25, 0.3) is 0 Å². The summed E-state index contributed by atoms with van der Waals surface area (Å²) in [6.45, 7) is 0.952. The molecule has 0 unspecified atom stereocenters. The lowest BCUT2D eigenvalue weighted by Gasteiger charge is -2.38. The third-order valence-electron chi connectivity index (χ3n) is 4.85. The van der Waals surface area contributed by atoms with Gasteiger partial charge in [-0.3, -0.25) is 0 Å². The number of hydrogen-bond donors (Lipinski definition) is 1. The number of benzene rings is 1. The van der Waals surface area contributed by atoms with E-state index in [-0.39, 0.29) is 5.41 Å². The maximum absolute atomic E-state index is 13.9. The fourth-order valence-corrected chi connectivity index (χ4v) is 3.46. The molecule has 1 nitrogen and oxygen atoms in total. The molecule has 1 aromatic rings. The highest BCUT2D eigenvalue weighted by Crippen LogP contribution is 2.40. The summed E-state index contributed by atoms with van der Waals surface area (Å²) in [4.78, 5) is 0. The Morgan fingerprint density at radius 3 is 2.55 bits per heavy atom. The highest BCUT2D eigenvalue weighted by molar-refractivity contribution is 5.21. The molecule has 1 aromatic carbocycles. The van der Waals surface area contributed by atoms with Crippen molar-refractivity contribution in [2.45, 2.75) is 57.4 Å². The molecule has 3 heteroatoms. The van der Waals surface area contributed by atoms with E-state index in [0.717, 1.165) is 19.4 Å². The fraction of sp³-hybridized carbons (Fsp3) is 0.647. The minimum atomic E-state index is -0.719. The Kier molecular flexibility index (Phi) is 4.06. The van der Waals surface area contributed by atoms with Gasteiger partial charge in [-0.2, -0.15) is 0 Å². The zero-order valence-corrected chi connectivity index (χ0v) is 11.9. The van der Waals surface area contributed by atoms with Crippen molar-refractivity contribution in [3.05, 3.63) is 35.4 Å². The van der Waals surface area contributed by atoms with Crippen LogP contribution < -0.4 is 5.32 Å². The van der Waals surface area contributed by atoms with E-state index < -0.39 is 11.6 Å². The van der Waals surface area contributed by atoms with Crippen LogP contribution in [0.15, 0.2) is 18.2 Å². The molecule has 0 aliphatic heterocycles. The minimum Gasteiger partial charge on any atom is -0.313 e. The fourth-order valence-electron chi connectivity index (χ4n) is 3.46. The highest BCUT2D eigenvalue weighted by Gasteiger charge is 2.35. The van der Waals surface area contributed by atoms with Gasteiger partial charge in [-0.15, -0.1) is 0 Å². The van der Waals surface area contributed by atoms with E-state index in [1.807, 2.05) is 0 Å². The second kappa shape index (κ2) is 5.80. The molecule has 20 heavy (non-hydrogen) atoms. The molecule has 2 aliphatic carbocycles. The molecule has 2 aliphatic rings. The largest absolute Gasteiger partial charge is 0.313 e. The molecule has 0 spiro atoms. The van der Waals surface area contributed by atoms with Crippen LogP contribution in [0.1, 0.15) is 50.5 Å². The zero-order chi connectivity index (χ0) is 14.0. The van der Waals surface area contributed by atoms with Crippen molar-refractivity contribution in [1.82, 2.24) is 5.32 Å². The first kappa shape index (κ1) is 14.0. The molecule has 110 valence electrons. The molecular weight excluding hydrogens is 256 g/mol. The average Bonchev–Trinajstić information content (AvgIpc) is 3.27. The molecule has 0 heterocycles. The third kappa shape index (κ3) is 3.20. The van der Waals surface area contributed by atoms with Gasteiger partial charge in [-0.1, -0.05) is 31.4 Å². The Labute approximate surface area is 119 Å². The average molecular weight is 279 g/mol. The van der Waals surface area contributed by atoms with E-state index in [0.29, 0.717) is 18.0 Å². The van der Waals surface area contributed by atoms with Crippen LogP contribution in [-0.4, -0.2) is 12.6 Å². The number of rotatable bonds is 5. The quantitative estimate of drug-likeness (QED) is 0.851. The van der Waals surface area contributed by atoms with Gasteiger partial charge in [0.15, 0.2) is 11.6 Å². The lowest BCUT2D eigenvalue weighted by Crippen LogP contribution is -2.39. The number of hydrogen-bond acceptors (Lipinski definition) is 1. The van der Waals surface area contributed by atoms with Crippen molar-refractivity contribution in [2.24, 2.45) is 5.41 Å². The highest BCUT2D eigenvalue weighted by atomic mass is 19.2. The van der Waals surface area contributed by atoms with E-state index >= 15 is 0 Å². The predicted octanol–water partition coefficient (Wildman–Crippen LogP) is 4.21. The Morgan fingerprint density at radius 1 is 1.10 bits per heavy atom. The maximum atomic E-state index is 13.9. The maximum Gasteiger partial charge on any atom is 0.162 e. The van der Waals surface area contributed by atoms with Crippen LogP contribution in [0, 0.1) is 17.0 Å². The Bertz CT molecular complexity index is 462. The summed E-state index contributed by atoms with van der Waals surface area (Å²) in [6, 6.07) is 5.24. The first-order valence-corrected chi connectivity index (χ1v) is 7.85. The van der Waals surface area contributed by atoms with E-state index in [4.69, 9.17) is 0 Å².